The number of aromatic carboxylic acids is 1. The molecule has 7 rings (SSSR count). The molecule has 7 nitrogen and oxygen atoms in total. The fourth-order valence-corrected chi connectivity index (χ4v) is 7.44. The number of nitrogens with zero attached hydrogens (tertiary/aromatic N) is 3. The van der Waals surface area contributed by atoms with Crippen molar-refractivity contribution >= 4 is 44.9 Å². The quantitative estimate of drug-likeness (QED) is 0.267. The number of anilines is 1. The predicted octanol–water partition coefficient (Wildman–Crippen LogP) is 6.92. The van der Waals surface area contributed by atoms with Crippen LogP contribution in [0.4, 0.5) is 5.69 Å². The van der Waals surface area contributed by atoms with Crippen LogP contribution in [0.5, 0.6) is 0 Å². The van der Waals surface area contributed by atoms with E-state index in [1.54, 1.807) is 0 Å². The van der Waals surface area contributed by atoms with E-state index in [0.29, 0.717) is 34.8 Å². The Labute approximate surface area is 229 Å². The number of rotatable bonds is 7. The molecule has 2 aromatic carbocycles. The van der Waals surface area contributed by atoms with E-state index in [1.807, 2.05) is 24.3 Å². The first-order valence-electron chi connectivity index (χ1n) is 13.2. The Hall–Kier alpha value is -2.94. The number of carbonyl (C=O) groups is 1. The van der Waals surface area contributed by atoms with E-state index >= 15 is 0 Å². The summed E-state index contributed by atoms with van der Waals surface area (Å²) in [5.41, 5.74) is 5.18. The van der Waals surface area contributed by atoms with Gasteiger partial charge in [0.1, 0.15) is 11.5 Å². The molecular formula is C29H28ClN3O4S. The maximum atomic E-state index is 11.4. The zero-order valence-corrected chi connectivity index (χ0v) is 22.6. The van der Waals surface area contributed by atoms with Crippen LogP contribution in [-0.2, 0) is 11.3 Å². The summed E-state index contributed by atoms with van der Waals surface area (Å²) in [7, 11) is 0. The minimum absolute atomic E-state index is 0.139. The van der Waals surface area contributed by atoms with Crippen molar-refractivity contribution in [3.05, 3.63) is 64.0 Å². The fraction of sp³-hybridized carbons (Fsp3) is 0.414. The third-order valence-electron chi connectivity index (χ3n) is 8.42. The van der Waals surface area contributed by atoms with Crippen molar-refractivity contribution in [3.8, 4) is 11.3 Å². The van der Waals surface area contributed by atoms with E-state index in [9.17, 15) is 9.90 Å². The van der Waals surface area contributed by atoms with Crippen LogP contribution in [-0.4, -0.2) is 39.8 Å². The molecule has 2 aromatic heterocycles. The molecule has 1 saturated heterocycles. The van der Waals surface area contributed by atoms with Crippen molar-refractivity contribution in [1.82, 2.24) is 9.53 Å². The van der Waals surface area contributed by atoms with Crippen LogP contribution in [0, 0.1) is 18.8 Å². The number of aromatic nitrogens is 2. The first-order valence-corrected chi connectivity index (χ1v) is 14.3. The van der Waals surface area contributed by atoms with Crippen molar-refractivity contribution in [2.24, 2.45) is 11.8 Å². The molecule has 0 spiro atoms. The normalized spacial score (nSPS) is 22.9. The summed E-state index contributed by atoms with van der Waals surface area (Å²) < 4.78 is 17.4. The van der Waals surface area contributed by atoms with Gasteiger partial charge in [-0.1, -0.05) is 28.9 Å². The number of hydrogen-bond donors (Lipinski definition) is 1. The standard InChI is InChI=1S/C29H28ClN3O4S/c1-15-3-2-4-23(30)25(15)26-22(28(37-31-26)16-5-6-16)14-36-20-9-17-12-33(13-18(17)10-20)19-7-8-21-24(11-19)38-32-27(21)29(34)35/h2-4,7-8,11,16-18,20H,5-6,9-10,12-14H2,1H3,(H,34,35). The second kappa shape index (κ2) is 9.36. The Morgan fingerprint density at radius 2 is 2.00 bits per heavy atom. The molecule has 1 aliphatic heterocycles. The van der Waals surface area contributed by atoms with Crippen LogP contribution >= 0.6 is 23.1 Å². The van der Waals surface area contributed by atoms with E-state index in [4.69, 9.17) is 20.9 Å². The molecule has 0 amide bonds. The van der Waals surface area contributed by atoms with Crippen molar-refractivity contribution in [1.29, 1.82) is 0 Å². The zero-order chi connectivity index (χ0) is 26.0. The molecule has 3 fully saturated rings. The van der Waals surface area contributed by atoms with Gasteiger partial charge >= 0.3 is 5.97 Å². The lowest BCUT2D eigenvalue weighted by molar-refractivity contribution is 0.0403. The van der Waals surface area contributed by atoms with E-state index in [2.05, 4.69) is 33.5 Å². The van der Waals surface area contributed by atoms with Crippen molar-refractivity contribution < 1.29 is 19.2 Å². The number of benzene rings is 2. The molecule has 4 aromatic rings. The highest BCUT2D eigenvalue weighted by Crippen LogP contribution is 2.47. The Bertz CT molecular complexity index is 1510. The summed E-state index contributed by atoms with van der Waals surface area (Å²) in [6.45, 7) is 4.53. The minimum Gasteiger partial charge on any atom is -0.476 e. The lowest BCUT2D eigenvalue weighted by atomic mass is 10.0. The molecule has 0 radical (unpaired) electrons. The topological polar surface area (TPSA) is 88.7 Å². The van der Waals surface area contributed by atoms with Gasteiger partial charge < -0.3 is 19.3 Å². The summed E-state index contributed by atoms with van der Waals surface area (Å²) in [5.74, 6) is 1.60. The Balaban J connectivity index is 1.03. The number of halogens is 1. The first kappa shape index (κ1) is 24.1. The molecule has 38 heavy (non-hydrogen) atoms. The molecule has 2 saturated carbocycles. The third kappa shape index (κ3) is 4.19. The molecule has 2 unspecified atom stereocenters. The van der Waals surface area contributed by atoms with Gasteiger partial charge in [0.25, 0.3) is 0 Å². The van der Waals surface area contributed by atoms with E-state index < -0.39 is 5.97 Å². The van der Waals surface area contributed by atoms with E-state index in [1.165, 1.54) is 11.5 Å². The maximum absolute atomic E-state index is 11.4. The molecule has 0 bridgehead atoms. The smallest absolute Gasteiger partial charge is 0.356 e. The summed E-state index contributed by atoms with van der Waals surface area (Å²) in [6, 6.07) is 11.9. The Morgan fingerprint density at radius 1 is 1.21 bits per heavy atom. The predicted molar refractivity (Wildman–Crippen MR) is 147 cm³/mol. The zero-order valence-electron chi connectivity index (χ0n) is 21.0. The molecular weight excluding hydrogens is 522 g/mol. The highest BCUT2D eigenvalue weighted by Gasteiger charge is 2.42. The van der Waals surface area contributed by atoms with Crippen molar-refractivity contribution in [3.63, 3.8) is 0 Å². The van der Waals surface area contributed by atoms with Crippen LogP contribution < -0.4 is 4.90 Å². The van der Waals surface area contributed by atoms with Gasteiger partial charge in [0.2, 0.25) is 0 Å². The first-order chi connectivity index (χ1) is 18.5. The highest BCUT2D eigenvalue weighted by atomic mass is 35.5. The molecule has 3 heterocycles. The van der Waals surface area contributed by atoms with Crippen LogP contribution in [0.25, 0.3) is 21.3 Å². The SMILES string of the molecule is Cc1cccc(Cl)c1-c1noc(C2CC2)c1COC1CC2CN(c3ccc4c(C(=O)O)nsc4c3)CC2C1. The monoisotopic (exact) mass is 549 g/mol. The maximum Gasteiger partial charge on any atom is 0.356 e. The minimum atomic E-state index is -0.977. The summed E-state index contributed by atoms with van der Waals surface area (Å²) in [5, 5.41) is 15.2. The van der Waals surface area contributed by atoms with Gasteiger partial charge in [-0.2, -0.15) is 4.37 Å². The molecule has 9 heteroatoms. The summed E-state index contributed by atoms with van der Waals surface area (Å²) in [6.07, 6.45) is 4.57. The van der Waals surface area contributed by atoms with Gasteiger partial charge in [0.05, 0.1) is 22.4 Å². The second-order valence-corrected chi connectivity index (χ2v) is 12.1. The number of carboxylic acid groups (broad SMARTS) is 1. The number of aryl methyl sites for hydroxylation is 1. The lowest BCUT2D eigenvalue weighted by Gasteiger charge is -2.21. The Morgan fingerprint density at radius 3 is 2.71 bits per heavy atom. The number of carboxylic acids is 1. The van der Waals surface area contributed by atoms with Gasteiger partial charge in [-0.25, -0.2) is 4.79 Å². The fourth-order valence-electron chi connectivity index (χ4n) is 6.33. The average Bonchev–Trinajstić information content (AvgIpc) is 3.20. The van der Waals surface area contributed by atoms with Crippen molar-refractivity contribution in [2.45, 2.75) is 51.2 Å². The number of ether oxygens (including phenoxy) is 1. The number of hydrogen-bond acceptors (Lipinski definition) is 7. The molecule has 196 valence electrons. The molecule has 2 aliphatic carbocycles. The molecule has 2 atom stereocenters. The third-order valence-corrected chi connectivity index (χ3v) is 9.54. The van der Waals surface area contributed by atoms with Gasteiger partial charge in [-0.05, 0) is 85.8 Å². The number of fused-ring (bicyclic) bond motifs is 2. The van der Waals surface area contributed by atoms with Crippen molar-refractivity contribution in [2.75, 3.05) is 18.0 Å². The lowest BCUT2D eigenvalue weighted by Crippen LogP contribution is -2.23. The van der Waals surface area contributed by atoms with Crippen LogP contribution in [0.15, 0.2) is 40.9 Å². The van der Waals surface area contributed by atoms with Crippen LogP contribution in [0.2, 0.25) is 5.02 Å². The largest absolute Gasteiger partial charge is 0.476 e. The van der Waals surface area contributed by atoms with Crippen LogP contribution in [0.1, 0.15) is 59.0 Å². The van der Waals surface area contributed by atoms with Crippen LogP contribution in [0.3, 0.4) is 0 Å². The molecule has 1 N–H and O–H groups in total. The van der Waals surface area contributed by atoms with Gasteiger partial charge in [0, 0.05) is 41.2 Å². The summed E-state index contributed by atoms with van der Waals surface area (Å²) in [4.78, 5) is 13.8. The molecule has 3 aliphatic rings. The van der Waals surface area contributed by atoms with Gasteiger partial charge in [0.15, 0.2) is 5.69 Å². The Kier molecular flexibility index (Phi) is 5.94. The summed E-state index contributed by atoms with van der Waals surface area (Å²) >= 11 is 7.84. The van der Waals surface area contributed by atoms with E-state index in [0.717, 1.165) is 77.3 Å². The van der Waals surface area contributed by atoms with Gasteiger partial charge in [-0.3, -0.25) is 0 Å². The average molecular weight is 550 g/mol. The highest BCUT2D eigenvalue weighted by molar-refractivity contribution is 7.13. The van der Waals surface area contributed by atoms with Gasteiger partial charge in [-0.15, -0.1) is 0 Å². The van der Waals surface area contributed by atoms with E-state index in [-0.39, 0.29) is 11.8 Å². The second-order valence-electron chi connectivity index (χ2n) is 10.9.